The van der Waals surface area contributed by atoms with Crippen molar-refractivity contribution in [3.63, 3.8) is 0 Å². The van der Waals surface area contributed by atoms with Gasteiger partial charge >= 0.3 is 0 Å². The van der Waals surface area contributed by atoms with E-state index in [-0.39, 0.29) is 18.0 Å². The molecule has 2 aromatic heterocycles. The normalized spacial score (nSPS) is 14.6. The van der Waals surface area contributed by atoms with Crippen molar-refractivity contribution in [3.05, 3.63) is 55.9 Å². The molecule has 1 N–H and O–H groups in total. The molecule has 4 rings (SSSR count). The third kappa shape index (κ3) is 4.08. The molecule has 1 aliphatic heterocycles. The van der Waals surface area contributed by atoms with E-state index in [1.807, 2.05) is 13.8 Å². The van der Waals surface area contributed by atoms with Crippen LogP contribution < -0.4 is 10.9 Å². The van der Waals surface area contributed by atoms with Crippen molar-refractivity contribution in [2.24, 2.45) is 0 Å². The molecule has 152 valence electrons. The third-order valence-corrected chi connectivity index (χ3v) is 6.81. The number of aromatic nitrogens is 2. The Morgan fingerprint density at radius 1 is 1.24 bits per heavy atom. The molecule has 1 fully saturated rings. The van der Waals surface area contributed by atoms with Crippen molar-refractivity contribution in [1.29, 1.82) is 0 Å². The number of nitrogens with one attached hydrogen (secondary N) is 1. The number of benzene rings is 1. The first-order valence-corrected chi connectivity index (χ1v) is 10.9. The van der Waals surface area contributed by atoms with Crippen LogP contribution in [-0.4, -0.2) is 33.4 Å². The van der Waals surface area contributed by atoms with Crippen LogP contribution in [0.4, 0.5) is 5.69 Å². The fraction of sp³-hybridized carbons (Fsp3) is 0.381. The Balaban J connectivity index is 1.71. The van der Waals surface area contributed by atoms with E-state index in [0.717, 1.165) is 41.2 Å². The van der Waals surface area contributed by atoms with Crippen molar-refractivity contribution in [2.45, 2.75) is 39.8 Å². The maximum atomic E-state index is 13.3. The largest absolute Gasteiger partial charge is 0.323 e. The first-order valence-electron chi connectivity index (χ1n) is 9.70. The van der Waals surface area contributed by atoms with Gasteiger partial charge in [0.05, 0.1) is 22.6 Å². The Kier molecular flexibility index (Phi) is 5.72. The average molecular weight is 431 g/mol. The minimum absolute atomic E-state index is 0.0928. The Morgan fingerprint density at radius 2 is 1.97 bits per heavy atom. The molecule has 0 radical (unpaired) electrons. The summed E-state index contributed by atoms with van der Waals surface area (Å²) in [4.78, 5) is 35.0. The fourth-order valence-corrected chi connectivity index (χ4v) is 4.91. The van der Waals surface area contributed by atoms with Gasteiger partial charge in [0.1, 0.15) is 17.2 Å². The van der Waals surface area contributed by atoms with Crippen molar-refractivity contribution >= 4 is 44.7 Å². The zero-order valence-electron chi connectivity index (χ0n) is 16.5. The van der Waals surface area contributed by atoms with Crippen LogP contribution in [0.2, 0.25) is 5.02 Å². The van der Waals surface area contributed by atoms with Gasteiger partial charge in [-0.2, -0.15) is 0 Å². The number of thiophene rings is 1. The lowest BCUT2D eigenvalue weighted by Crippen LogP contribution is -2.33. The molecule has 1 saturated heterocycles. The van der Waals surface area contributed by atoms with Crippen molar-refractivity contribution in [3.8, 4) is 0 Å². The average Bonchev–Trinajstić information content (AvgIpc) is 3.29. The minimum atomic E-state index is -0.298. The molecule has 8 heteroatoms. The van der Waals surface area contributed by atoms with Crippen molar-refractivity contribution < 1.29 is 4.79 Å². The predicted molar refractivity (Wildman–Crippen MR) is 118 cm³/mol. The molecule has 0 atom stereocenters. The summed E-state index contributed by atoms with van der Waals surface area (Å²) < 4.78 is 1.52. The third-order valence-electron chi connectivity index (χ3n) is 5.38. The number of likely N-dealkylation sites (tertiary alicyclic amines) is 1. The number of para-hydroxylation sites is 1. The van der Waals surface area contributed by atoms with Crippen LogP contribution in [0.15, 0.2) is 29.1 Å². The first kappa shape index (κ1) is 20.1. The topological polar surface area (TPSA) is 67.2 Å². The second-order valence-electron chi connectivity index (χ2n) is 7.39. The quantitative estimate of drug-likeness (QED) is 0.665. The summed E-state index contributed by atoms with van der Waals surface area (Å²) >= 11 is 7.68. The lowest BCUT2D eigenvalue weighted by atomic mass is 10.2. The summed E-state index contributed by atoms with van der Waals surface area (Å²) in [7, 11) is 0. The summed E-state index contributed by atoms with van der Waals surface area (Å²) in [6.07, 6.45) is 2.30. The van der Waals surface area contributed by atoms with E-state index in [1.165, 1.54) is 15.9 Å². The van der Waals surface area contributed by atoms with Crippen LogP contribution in [-0.2, 0) is 17.9 Å². The van der Waals surface area contributed by atoms with Crippen LogP contribution in [0.5, 0.6) is 0 Å². The van der Waals surface area contributed by atoms with Gasteiger partial charge in [-0.1, -0.05) is 23.7 Å². The molecule has 6 nitrogen and oxygen atoms in total. The number of carbonyl (C=O) groups excluding carboxylic acids is 1. The molecule has 1 aromatic carbocycles. The smallest absolute Gasteiger partial charge is 0.263 e. The number of nitrogens with zero attached hydrogens (tertiary/aromatic N) is 3. The Morgan fingerprint density at radius 3 is 2.69 bits per heavy atom. The van der Waals surface area contributed by atoms with Crippen LogP contribution >= 0.6 is 22.9 Å². The summed E-state index contributed by atoms with van der Waals surface area (Å²) in [6.45, 7) is 6.39. The predicted octanol–water partition coefficient (Wildman–Crippen LogP) is 3.96. The van der Waals surface area contributed by atoms with Gasteiger partial charge in [-0.3, -0.25) is 19.1 Å². The molecular formula is C21H23ClN4O2S. The van der Waals surface area contributed by atoms with E-state index in [9.17, 15) is 9.59 Å². The number of fused-ring (bicyclic) bond motifs is 1. The lowest BCUT2D eigenvalue weighted by molar-refractivity contribution is -0.116. The van der Waals surface area contributed by atoms with Crippen molar-refractivity contribution in [1.82, 2.24) is 14.5 Å². The van der Waals surface area contributed by atoms with Crippen LogP contribution in [0.1, 0.15) is 29.1 Å². The van der Waals surface area contributed by atoms with Gasteiger partial charge in [-0.15, -0.1) is 11.3 Å². The monoisotopic (exact) mass is 430 g/mol. The number of amides is 1. The Hall–Kier alpha value is -2.22. The lowest BCUT2D eigenvalue weighted by Gasteiger charge is -2.18. The summed E-state index contributed by atoms with van der Waals surface area (Å²) in [5.41, 5.74) is 1.32. The van der Waals surface area contributed by atoms with E-state index in [2.05, 4.69) is 10.2 Å². The Labute approximate surface area is 178 Å². The zero-order valence-corrected chi connectivity index (χ0v) is 18.1. The van der Waals surface area contributed by atoms with Gasteiger partial charge in [-0.05, 0) is 57.5 Å². The zero-order chi connectivity index (χ0) is 20.5. The molecule has 0 unspecified atom stereocenters. The molecule has 3 aromatic rings. The number of rotatable bonds is 5. The van der Waals surface area contributed by atoms with E-state index in [4.69, 9.17) is 16.6 Å². The maximum Gasteiger partial charge on any atom is 0.263 e. The van der Waals surface area contributed by atoms with Gasteiger partial charge in [0.2, 0.25) is 5.91 Å². The number of anilines is 1. The van der Waals surface area contributed by atoms with E-state index < -0.39 is 0 Å². The van der Waals surface area contributed by atoms with Gasteiger partial charge in [0, 0.05) is 4.88 Å². The molecule has 1 amide bonds. The second-order valence-corrected chi connectivity index (χ2v) is 9.00. The SMILES string of the molecule is Cc1sc2nc(CN3CCCC3)n(CC(=O)Nc3ccccc3Cl)c(=O)c2c1C. The number of carbonyl (C=O) groups is 1. The number of hydrogen-bond acceptors (Lipinski definition) is 5. The van der Waals surface area contributed by atoms with Crippen LogP contribution in [0.25, 0.3) is 10.2 Å². The van der Waals surface area contributed by atoms with Crippen LogP contribution in [0, 0.1) is 13.8 Å². The molecule has 1 aliphatic rings. The Bertz CT molecular complexity index is 1130. The van der Waals surface area contributed by atoms with Gasteiger partial charge in [0.15, 0.2) is 0 Å². The number of aryl methyl sites for hydroxylation is 2. The van der Waals surface area contributed by atoms with E-state index >= 15 is 0 Å². The molecule has 0 spiro atoms. The minimum Gasteiger partial charge on any atom is -0.323 e. The fourth-order valence-electron chi connectivity index (χ4n) is 3.69. The summed E-state index contributed by atoms with van der Waals surface area (Å²) in [5.74, 6) is 0.341. The first-order chi connectivity index (χ1) is 13.9. The molecule has 0 saturated carbocycles. The molecule has 29 heavy (non-hydrogen) atoms. The highest BCUT2D eigenvalue weighted by Crippen LogP contribution is 2.27. The molecule has 0 bridgehead atoms. The molecule has 0 aliphatic carbocycles. The summed E-state index contributed by atoms with van der Waals surface area (Å²) in [6, 6.07) is 7.06. The van der Waals surface area contributed by atoms with Crippen molar-refractivity contribution in [2.75, 3.05) is 18.4 Å². The van der Waals surface area contributed by atoms with Crippen LogP contribution in [0.3, 0.4) is 0 Å². The highest BCUT2D eigenvalue weighted by Gasteiger charge is 2.21. The second kappa shape index (κ2) is 8.26. The van der Waals surface area contributed by atoms with Gasteiger partial charge in [-0.25, -0.2) is 4.98 Å². The van der Waals surface area contributed by atoms with Gasteiger partial charge < -0.3 is 5.32 Å². The maximum absolute atomic E-state index is 13.3. The molecular weight excluding hydrogens is 408 g/mol. The van der Waals surface area contributed by atoms with E-state index in [1.54, 1.807) is 24.3 Å². The number of halogens is 1. The van der Waals surface area contributed by atoms with E-state index in [0.29, 0.717) is 28.5 Å². The highest BCUT2D eigenvalue weighted by molar-refractivity contribution is 7.18. The summed E-state index contributed by atoms with van der Waals surface area (Å²) in [5, 5.41) is 3.88. The molecule has 3 heterocycles. The van der Waals surface area contributed by atoms with Gasteiger partial charge in [0.25, 0.3) is 5.56 Å². The highest BCUT2D eigenvalue weighted by atomic mass is 35.5. The number of hydrogen-bond donors (Lipinski definition) is 1. The standard InChI is InChI=1S/C21H23ClN4O2S/c1-13-14(2)29-20-19(13)21(28)26(17(24-20)11-25-9-5-6-10-25)12-18(27)23-16-8-4-3-7-15(16)22/h3-4,7-8H,5-6,9-12H2,1-2H3,(H,23,27).